The van der Waals surface area contributed by atoms with Crippen molar-refractivity contribution in [2.75, 3.05) is 16.2 Å². The molecule has 0 aromatic heterocycles. The van der Waals surface area contributed by atoms with Crippen LogP contribution in [-0.2, 0) is 24.3 Å². The van der Waals surface area contributed by atoms with Gasteiger partial charge in [-0.15, -0.1) is 0 Å². The second-order valence-electron chi connectivity index (χ2n) is 7.31. The predicted molar refractivity (Wildman–Crippen MR) is 127 cm³/mol. The first-order valence-corrected chi connectivity index (χ1v) is 11.8. The molecule has 1 heterocycles. The summed E-state index contributed by atoms with van der Waals surface area (Å²) in [5.74, 6) is -0.743. The Morgan fingerprint density at radius 3 is 2.21 bits per heavy atom. The number of carbonyl (C=O) groups is 2. The van der Waals surface area contributed by atoms with E-state index in [0.29, 0.717) is 28.3 Å². The summed E-state index contributed by atoms with van der Waals surface area (Å²) in [6.07, 6.45) is 0. The van der Waals surface area contributed by atoms with Gasteiger partial charge < -0.3 is 4.74 Å². The van der Waals surface area contributed by atoms with Crippen LogP contribution in [0.5, 0.6) is 0 Å². The molecule has 3 aromatic rings. The van der Waals surface area contributed by atoms with Crippen LogP contribution in [0.3, 0.4) is 0 Å². The van der Waals surface area contributed by atoms with Crippen LogP contribution in [0, 0.1) is 0 Å². The number of para-hydroxylation sites is 1. The zero-order chi connectivity index (χ0) is 23.6. The average Bonchev–Trinajstić information content (AvgIpc) is 3.09. The molecule has 0 atom stereocenters. The molecule has 0 saturated carbocycles. The molecular weight excluding hydrogens is 440 g/mol. The Morgan fingerprint density at radius 1 is 0.970 bits per heavy atom. The number of anilines is 2. The number of sulfonamides is 1. The fourth-order valence-corrected chi connectivity index (χ4v) is 4.78. The van der Waals surface area contributed by atoms with Gasteiger partial charge in [0.1, 0.15) is 5.76 Å². The molecule has 1 aliphatic rings. The molecule has 2 amide bonds. The van der Waals surface area contributed by atoms with Gasteiger partial charge in [-0.2, -0.15) is 0 Å². The fraction of sp³-hybridized carbons (Fsp3) is 0.120. The van der Waals surface area contributed by atoms with Crippen molar-refractivity contribution in [3.63, 3.8) is 0 Å². The second kappa shape index (κ2) is 8.91. The smallest absolute Gasteiger partial charge is 0.269 e. The fourth-order valence-electron chi connectivity index (χ4n) is 3.70. The third kappa shape index (κ3) is 4.25. The monoisotopic (exact) mass is 462 g/mol. The van der Waals surface area contributed by atoms with Gasteiger partial charge in [0.15, 0.2) is 0 Å². The first-order chi connectivity index (χ1) is 15.8. The maximum Gasteiger partial charge on any atom is 0.269 e. The SMILES string of the molecule is CCOC(=C1C(=O)N(C(C)=O)c2ccc(S(=O)(=O)Nc3ccccc3)cc21)c1ccccc1. The number of hydrogen-bond acceptors (Lipinski definition) is 5. The van der Waals surface area contributed by atoms with E-state index in [-0.39, 0.29) is 17.1 Å². The highest BCUT2D eigenvalue weighted by Gasteiger charge is 2.39. The lowest BCUT2D eigenvalue weighted by molar-refractivity contribution is -0.122. The van der Waals surface area contributed by atoms with Crippen molar-refractivity contribution in [1.29, 1.82) is 0 Å². The number of fused-ring (bicyclic) bond motifs is 1. The van der Waals surface area contributed by atoms with E-state index in [9.17, 15) is 18.0 Å². The van der Waals surface area contributed by atoms with Crippen LogP contribution in [0.25, 0.3) is 11.3 Å². The molecule has 33 heavy (non-hydrogen) atoms. The third-order valence-electron chi connectivity index (χ3n) is 5.10. The Bertz CT molecular complexity index is 1350. The Morgan fingerprint density at radius 2 is 1.61 bits per heavy atom. The van der Waals surface area contributed by atoms with Gasteiger partial charge in [0.25, 0.3) is 15.9 Å². The summed E-state index contributed by atoms with van der Waals surface area (Å²) in [6, 6.07) is 21.8. The van der Waals surface area contributed by atoms with Crippen LogP contribution >= 0.6 is 0 Å². The largest absolute Gasteiger partial charge is 0.492 e. The number of carbonyl (C=O) groups excluding carboxylic acids is 2. The molecular formula is C25H22N2O5S. The number of imide groups is 1. The Kier molecular flexibility index (Phi) is 6.02. The van der Waals surface area contributed by atoms with Gasteiger partial charge >= 0.3 is 0 Å². The highest BCUT2D eigenvalue weighted by Crippen LogP contribution is 2.42. The molecule has 0 aliphatic carbocycles. The van der Waals surface area contributed by atoms with Gasteiger partial charge in [0.05, 0.1) is 22.8 Å². The summed E-state index contributed by atoms with van der Waals surface area (Å²) < 4.78 is 34.5. The van der Waals surface area contributed by atoms with Crippen LogP contribution < -0.4 is 9.62 Å². The van der Waals surface area contributed by atoms with Crippen molar-refractivity contribution < 1.29 is 22.7 Å². The molecule has 1 N–H and O–H groups in total. The highest BCUT2D eigenvalue weighted by atomic mass is 32.2. The summed E-state index contributed by atoms with van der Waals surface area (Å²) in [5, 5.41) is 0. The van der Waals surface area contributed by atoms with E-state index in [0.717, 1.165) is 4.90 Å². The minimum Gasteiger partial charge on any atom is -0.492 e. The summed E-state index contributed by atoms with van der Waals surface area (Å²) in [5.41, 5.74) is 1.84. The molecule has 0 spiro atoms. The van der Waals surface area contributed by atoms with Gasteiger partial charge in [-0.3, -0.25) is 14.3 Å². The van der Waals surface area contributed by atoms with E-state index in [1.807, 2.05) is 18.2 Å². The number of ether oxygens (including phenoxy) is 1. The van der Waals surface area contributed by atoms with Crippen molar-refractivity contribution in [1.82, 2.24) is 0 Å². The van der Waals surface area contributed by atoms with Crippen molar-refractivity contribution in [2.45, 2.75) is 18.7 Å². The molecule has 0 unspecified atom stereocenters. The molecule has 0 radical (unpaired) electrons. The maximum absolute atomic E-state index is 13.3. The second-order valence-corrected chi connectivity index (χ2v) is 9.00. The van der Waals surface area contributed by atoms with Crippen molar-refractivity contribution in [2.24, 2.45) is 0 Å². The number of nitrogens with zero attached hydrogens (tertiary/aromatic N) is 1. The number of rotatable bonds is 6. The van der Waals surface area contributed by atoms with Crippen molar-refractivity contribution >= 4 is 44.5 Å². The number of hydrogen-bond donors (Lipinski definition) is 1. The number of amides is 2. The van der Waals surface area contributed by atoms with E-state index in [4.69, 9.17) is 4.74 Å². The van der Waals surface area contributed by atoms with E-state index < -0.39 is 21.8 Å². The maximum atomic E-state index is 13.3. The van der Waals surface area contributed by atoms with E-state index in [2.05, 4.69) is 4.72 Å². The van der Waals surface area contributed by atoms with Gasteiger partial charge in [-0.25, -0.2) is 13.3 Å². The van der Waals surface area contributed by atoms with Crippen LogP contribution in [-0.4, -0.2) is 26.8 Å². The molecule has 7 nitrogen and oxygen atoms in total. The van der Waals surface area contributed by atoms with E-state index in [1.165, 1.54) is 25.1 Å². The number of benzene rings is 3. The molecule has 1 aliphatic heterocycles. The third-order valence-corrected chi connectivity index (χ3v) is 6.48. The van der Waals surface area contributed by atoms with Crippen LogP contribution in [0.15, 0.2) is 83.8 Å². The quantitative estimate of drug-likeness (QED) is 0.436. The summed E-state index contributed by atoms with van der Waals surface area (Å²) in [6.45, 7) is 3.36. The minimum atomic E-state index is -3.94. The Balaban J connectivity index is 1.91. The Hall–Kier alpha value is -3.91. The predicted octanol–water partition coefficient (Wildman–Crippen LogP) is 4.29. The van der Waals surface area contributed by atoms with Gasteiger partial charge in [-0.05, 0) is 37.3 Å². The lowest BCUT2D eigenvalue weighted by Crippen LogP contribution is -2.31. The molecule has 0 saturated heterocycles. The van der Waals surface area contributed by atoms with Crippen LogP contribution in [0.2, 0.25) is 0 Å². The lowest BCUT2D eigenvalue weighted by Gasteiger charge is -2.13. The van der Waals surface area contributed by atoms with E-state index >= 15 is 0 Å². The van der Waals surface area contributed by atoms with Gasteiger partial charge in [0.2, 0.25) is 5.91 Å². The first kappa shape index (κ1) is 22.3. The number of nitrogens with one attached hydrogen (secondary N) is 1. The Labute approximate surface area is 192 Å². The standard InChI is InChI=1S/C25H22N2O5S/c1-3-32-24(18-10-6-4-7-11-18)23-21-16-20(14-15-22(21)27(17(2)28)25(23)29)33(30,31)26-19-12-8-5-9-13-19/h4-16,26H,3H2,1-2H3. The highest BCUT2D eigenvalue weighted by molar-refractivity contribution is 7.92. The summed E-state index contributed by atoms with van der Waals surface area (Å²) >= 11 is 0. The normalized spacial score (nSPS) is 14.6. The summed E-state index contributed by atoms with van der Waals surface area (Å²) in [7, 11) is -3.94. The summed E-state index contributed by atoms with van der Waals surface area (Å²) in [4.78, 5) is 26.7. The first-order valence-electron chi connectivity index (χ1n) is 10.3. The zero-order valence-corrected chi connectivity index (χ0v) is 18.9. The molecule has 4 rings (SSSR count). The topological polar surface area (TPSA) is 92.8 Å². The molecule has 8 heteroatoms. The van der Waals surface area contributed by atoms with Crippen molar-refractivity contribution in [3.8, 4) is 0 Å². The molecule has 0 bridgehead atoms. The van der Waals surface area contributed by atoms with Crippen LogP contribution in [0.1, 0.15) is 25.0 Å². The molecule has 3 aromatic carbocycles. The van der Waals surface area contributed by atoms with Gasteiger partial charge in [-0.1, -0.05) is 48.5 Å². The average molecular weight is 463 g/mol. The lowest BCUT2D eigenvalue weighted by atomic mass is 10.0. The molecule has 0 fully saturated rings. The molecule has 168 valence electrons. The van der Waals surface area contributed by atoms with Crippen LogP contribution in [0.4, 0.5) is 11.4 Å². The van der Waals surface area contributed by atoms with Crippen molar-refractivity contribution in [3.05, 3.63) is 90.0 Å². The van der Waals surface area contributed by atoms with E-state index in [1.54, 1.807) is 49.4 Å². The zero-order valence-electron chi connectivity index (χ0n) is 18.1. The van der Waals surface area contributed by atoms with Gasteiger partial charge in [0, 0.05) is 23.7 Å². The minimum absolute atomic E-state index is 0.0373.